The number of ether oxygens (including phenoxy) is 2. The number of rotatable bonds is 6. The van der Waals surface area contributed by atoms with E-state index in [1.807, 2.05) is 0 Å². The number of hydrogen-bond donors (Lipinski definition) is 0. The average Bonchev–Trinajstić information content (AvgIpc) is 2.27. The first-order valence-corrected chi connectivity index (χ1v) is 5.73. The molecule has 0 bridgehead atoms. The molecule has 0 N–H and O–H groups in total. The van der Waals surface area contributed by atoms with Gasteiger partial charge in [0.25, 0.3) is 0 Å². The van der Waals surface area contributed by atoms with Crippen molar-refractivity contribution in [3.05, 3.63) is 28.3 Å². The summed E-state index contributed by atoms with van der Waals surface area (Å²) in [6.45, 7) is -1.22. The summed E-state index contributed by atoms with van der Waals surface area (Å²) in [5, 5.41) is -0.0625. The summed E-state index contributed by atoms with van der Waals surface area (Å²) in [7, 11) is 0. The van der Waals surface area contributed by atoms with Gasteiger partial charge in [-0.2, -0.15) is 8.78 Å². The largest absolute Gasteiger partial charge is 0.466 e. The van der Waals surface area contributed by atoms with Crippen LogP contribution in [0.15, 0.2) is 12.1 Å². The molecule has 0 heterocycles. The lowest BCUT2D eigenvalue weighted by molar-refractivity contribution is -0.142. The lowest BCUT2D eigenvalue weighted by Gasteiger charge is -2.10. The second-order valence-electron chi connectivity index (χ2n) is 3.46. The molecule has 4 nitrogen and oxygen atoms in total. The van der Waals surface area contributed by atoms with E-state index in [1.54, 1.807) is 6.92 Å². The number of aldehydes is 1. The molecule has 0 aliphatic carbocycles. The van der Waals surface area contributed by atoms with Crippen molar-refractivity contribution in [2.45, 2.75) is 20.0 Å². The zero-order valence-electron chi connectivity index (χ0n) is 9.99. The van der Waals surface area contributed by atoms with Crippen molar-refractivity contribution >= 4 is 23.9 Å². The van der Waals surface area contributed by atoms with Gasteiger partial charge in [-0.3, -0.25) is 9.59 Å². The molecule has 0 saturated heterocycles. The Morgan fingerprint density at radius 1 is 1.47 bits per heavy atom. The van der Waals surface area contributed by atoms with E-state index in [-0.39, 0.29) is 34.9 Å². The van der Waals surface area contributed by atoms with Crippen molar-refractivity contribution < 1.29 is 27.8 Å². The van der Waals surface area contributed by atoms with E-state index in [0.29, 0.717) is 6.29 Å². The second-order valence-corrected chi connectivity index (χ2v) is 3.86. The first-order valence-electron chi connectivity index (χ1n) is 5.36. The highest BCUT2D eigenvalue weighted by atomic mass is 35.5. The first kappa shape index (κ1) is 15.4. The van der Waals surface area contributed by atoms with E-state index in [9.17, 15) is 18.4 Å². The Kier molecular flexibility index (Phi) is 5.69. The van der Waals surface area contributed by atoms with Crippen molar-refractivity contribution in [2.24, 2.45) is 0 Å². The minimum atomic E-state index is -3.02. The average molecular weight is 293 g/mol. The summed E-state index contributed by atoms with van der Waals surface area (Å²) in [5.74, 6) is -0.805. The molecule has 0 saturated carbocycles. The Morgan fingerprint density at radius 2 is 2.16 bits per heavy atom. The van der Waals surface area contributed by atoms with Crippen LogP contribution in [0.3, 0.4) is 0 Å². The first-order chi connectivity index (χ1) is 8.97. The number of carbonyl (C=O) groups is 2. The van der Waals surface area contributed by atoms with E-state index < -0.39 is 12.6 Å². The van der Waals surface area contributed by atoms with Gasteiger partial charge in [0.05, 0.1) is 18.1 Å². The number of benzene rings is 1. The van der Waals surface area contributed by atoms with Crippen molar-refractivity contribution in [1.82, 2.24) is 0 Å². The van der Waals surface area contributed by atoms with Crippen LogP contribution in [-0.2, 0) is 16.0 Å². The van der Waals surface area contributed by atoms with Crippen LogP contribution in [0, 0.1) is 0 Å². The number of carbonyl (C=O) groups excluding carboxylic acids is 2. The Balaban J connectivity index is 3.07. The third-order valence-corrected chi connectivity index (χ3v) is 2.48. The minimum absolute atomic E-state index is 0.0522. The molecule has 19 heavy (non-hydrogen) atoms. The molecular formula is C12H11ClF2O4. The minimum Gasteiger partial charge on any atom is -0.466 e. The van der Waals surface area contributed by atoms with E-state index in [0.717, 1.165) is 6.07 Å². The molecule has 0 aromatic heterocycles. The Labute approximate surface area is 113 Å². The van der Waals surface area contributed by atoms with Crippen molar-refractivity contribution in [2.75, 3.05) is 6.61 Å². The Hall–Kier alpha value is -1.69. The standard InChI is InChI=1S/C12H11ClF2O4/c1-2-18-11(17)4-7-3-8(19-12(14)15)5-10(13)9(7)6-16/h3,5-6,12H,2,4H2,1H3. The van der Waals surface area contributed by atoms with Crippen LogP contribution in [0.4, 0.5) is 8.78 Å². The molecule has 0 aliphatic rings. The van der Waals surface area contributed by atoms with Crippen LogP contribution in [-0.4, -0.2) is 25.5 Å². The molecule has 1 aromatic rings. The van der Waals surface area contributed by atoms with Gasteiger partial charge in [0.1, 0.15) is 5.75 Å². The van der Waals surface area contributed by atoms with Gasteiger partial charge in [-0.1, -0.05) is 11.6 Å². The maximum Gasteiger partial charge on any atom is 0.387 e. The third kappa shape index (κ3) is 4.48. The van der Waals surface area contributed by atoms with Gasteiger partial charge in [0.2, 0.25) is 0 Å². The fourth-order valence-corrected chi connectivity index (χ4v) is 1.74. The Morgan fingerprint density at radius 3 is 2.68 bits per heavy atom. The maximum atomic E-state index is 12.1. The van der Waals surface area contributed by atoms with Crippen molar-refractivity contribution in [3.8, 4) is 5.75 Å². The van der Waals surface area contributed by atoms with Gasteiger partial charge in [0, 0.05) is 5.56 Å². The van der Waals surface area contributed by atoms with Gasteiger partial charge in [-0.05, 0) is 24.6 Å². The molecule has 0 amide bonds. The number of hydrogen-bond acceptors (Lipinski definition) is 4. The highest BCUT2D eigenvalue weighted by Crippen LogP contribution is 2.27. The summed E-state index contributed by atoms with van der Waals surface area (Å²) in [6, 6.07) is 2.25. The van der Waals surface area contributed by atoms with Gasteiger partial charge in [0.15, 0.2) is 6.29 Å². The summed E-state index contributed by atoms with van der Waals surface area (Å²) >= 11 is 5.77. The third-order valence-electron chi connectivity index (χ3n) is 2.17. The molecule has 1 rings (SSSR count). The molecule has 0 radical (unpaired) electrons. The van der Waals surface area contributed by atoms with E-state index in [1.165, 1.54) is 6.07 Å². The molecule has 7 heteroatoms. The molecule has 1 aromatic carbocycles. The SMILES string of the molecule is CCOC(=O)Cc1cc(OC(F)F)cc(Cl)c1C=O. The molecular weight excluding hydrogens is 282 g/mol. The number of alkyl halides is 2. The number of esters is 1. The summed E-state index contributed by atoms with van der Waals surface area (Å²) < 4.78 is 33.2. The van der Waals surface area contributed by atoms with Crippen LogP contribution in [0.5, 0.6) is 5.75 Å². The van der Waals surface area contributed by atoms with Crippen molar-refractivity contribution in [1.29, 1.82) is 0 Å². The van der Waals surface area contributed by atoms with Crippen LogP contribution < -0.4 is 4.74 Å². The summed E-state index contributed by atoms with van der Waals surface area (Å²) in [4.78, 5) is 22.3. The molecule has 0 atom stereocenters. The van der Waals surface area contributed by atoms with Crippen LogP contribution in [0.25, 0.3) is 0 Å². The number of halogens is 3. The summed E-state index contributed by atoms with van der Waals surface area (Å²) in [6.07, 6.45) is 0.200. The highest BCUT2D eigenvalue weighted by Gasteiger charge is 2.15. The normalized spacial score (nSPS) is 10.4. The second kappa shape index (κ2) is 7.04. The molecule has 0 spiro atoms. The molecule has 0 fully saturated rings. The highest BCUT2D eigenvalue weighted by molar-refractivity contribution is 6.33. The van der Waals surface area contributed by atoms with E-state index >= 15 is 0 Å². The van der Waals surface area contributed by atoms with E-state index in [2.05, 4.69) is 4.74 Å². The fraction of sp³-hybridized carbons (Fsp3) is 0.333. The predicted octanol–water partition coefficient (Wildman–Crippen LogP) is 2.86. The van der Waals surface area contributed by atoms with Crippen molar-refractivity contribution in [3.63, 3.8) is 0 Å². The van der Waals surface area contributed by atoms with Crippen LogP contribution >= 0.6 is 11.6 Å². The zero-order chi connectivity index (χ0) is 14.4. The lowest BCUT2D eigenvalue weighted by Crippen LogP contribution is -2.10. The maximum absolute atomic E-state index is 12.1. The lowest BCUT2D eigenvalue weighted by atomic mass is 10.0. The zero-order valence-corrected chi connectivity index (χ0v) is 10.7. The molecule has 104 valence electrons. The molecule has 0 unspecified atom stereocenters. The molecule has 0 aliphatic heterocycles. The topological polar surface area (TPSA) is 52.6 Å². The Bertz CT molecular complexity index is 477. The predicted molar refractivity (Wildman–Crippen MR) is 63.8 cm³/mol. The van der Waals surface area contributed by atoms with Gasteiger partial charge >= 0.3 is 12.6 Å². The van der Waals surface area contributed by atoms with Gasteiger partial charge in [-0.25, -0.2) is 0 Å². The van der Waals surface area contributed by atoms with Crippen LogP contribution in [0.1, 0.15) is 22.8 Å². The van der Waals surface area contributed by atoms with E-state index in [4.69, 9.17) is 16.3 Å². The monoisotopic (exact) mass is 292 g/mol. The van der Waals surface area contributed by atoms with Crippen LogP contribution in [0.2, 0.25) is 5.02 Å². The quantitative estimate of drug-likeness (QED) is 0.597. The fourth-order valence-electron chi connectivity index (χ4n) is 1.46. The smallest absolute Gasteiger partial charge is 0.387 e. The van der Waals surface area contributed by atoms with Gasteiger partial charge < -0.3 is 9.47 Å². The summed E-state index contributed by atoms with van der Waals surface area (Å²) in [5.41, 5.74) is 0.230. The van der Waals surface area contributed by atoms with Gasteiger partial charge in [-0.15, -0.1) is 0 Å².